The topological polar surface area (TPSA) is 20.3 Å². The number of rotatable bonds is 0. The summed E-state index contributed by atoms with van der Waals surface area (Å²) in [7, 11) is 0. The monoisotopic (exact) mass is 271 g/mol. The van der Waals surface area contributed by atoms with Crippen molar-refractivity contribution in [3.63, 3.8) is 0 Å². The molecule has 1 fully saturated rings. The summed E-state index contributed by atoms with van der Waals surface area (Å²) < 4.78 is 0. The maximum absolute atomic E-state index is 12.6. The summed E-state index contributed by atoms with van der Waals surface area (Å²) in [6.45, 7) is 6.81. The van der Waals surface area contributed by atoms with Crippen molar-refractivity contribution in [2.75, 3.05) is 4.90 Å². The van der Waals surface area contributed by atoms with Gasteiger partial charge in [0.1, 0.15) is 0 Å². The molecule has 1 saturated carbocycles. The first-order valence-electron chi connectivity index (χ1n) is 7.90. The summed E-state index contributed by atoms with van der Waals surface area (Å²) in [5.74, 6) is 0.868. The van der Waals surface area contributed by atoms with E-state index in [1.807, 2.05) is 12.1 Å². The van der Waals surface area contributed by atoms with Gasteiger partial charge in [-0.15, -0.1) is 0 Å². The van der Waals surface area contributed by atoms with Gasteiger partial charge in [-0.1, -0.05) is 25.0 Å². The lowest BCUT2D eigenvalue weighted by Crippen LogP contribution is -2.52. The van der Waals surface area contributed by atoms with Crippen LogP contribution in [0.25, 0.3) is 0 Å². The van der Waals surface area contributed by atoms with Gasteiger partial charge in [0, 0.05) is 29.3 Å². The zero-order valence-electron chi connectivity index (χ0n) is 12.9. The molecule has 1 heterocycles. The molecule has 2 heteroatoms. The van der Waals surface area contributed by atoms with Crippen LogP contribution in [0.1, 0.15) is 63.2 Å². The van der Waals surface area contributed by atoms with Gasteiger partial charge in [0.2, 0.25) is 0 Å². The molecular weight excluding hydrogens is 246 g/mol. The number of nitrogens with zero attached hydrogens (tertiary/aromatic N) is 1. The number of para-hydroxylation sites is 1. The highest BCUT2D eigenvalue weighted by molar-refractivity contribution is 6.02. The van der Waals surface area contributed by atoms with Crippen LogP contribution in [0.3, 0.4) is 0 Å². The normalized spacial score (nSPS) is 26.8. The first kappa shape index (κ1) is 13.7. The van der Waals surface area contributed by atoms with Crippen molar-refractivity contribution in [3.8, 4) is 0 Å². The van der Waals surface area contributed by atoms with E-state index in [0.717, 1.165) is 17.7 Å². The molecule has 1 aliphatic carbocycles. The molecule has 1 aromatic carbocycles. The summed E-state index contributed by atoms with van der Waals surface area (Å²) in [4.78, 5) is 15.1. The van der Waals surface area contributed by atoms with Crippen LogP contribution in [0, 0.1) is 5.92 Å². The third-order valence-corrected chi connectivity index (χ3v) is 4.83. The smallest absolute Gasteiger partial charge is 0.165 e. The Kier molecular flexibility index (Phi) is 3.35. The van der Waals surface area contributed by atoms with Gasteiger partial charge in [-0.2, -0.15) is 0 Å². The molecule has 2 aliphatic rings. The number of hydrogen-bond acceptors (Lipinski definition) is 2. The summed E-state index contributed by atoms with van der Waals surface area (Å²) >= 11 is 0. The number of benzene rings is 1. The lowest BCUT2D eigenvalue weighted by atomic mass is 9.80. The first-order valence-corrected chi connectivity index (χ1v) is 7.90. The standard InChI is InChI=1S/C18H25NO/c1-18(2,3)19-15-10-6-4-8-13(15)12-17(20)14-9-5-7-11-16(14)19/h5,7,9,11,13,15H,4,6,8,10,12H2,1-3H3. The third-order valence-electron chi connectivity index (χ3n) is 4.83. The fourth-order valence-electron chi connectivity index (χ4n) is 4.07. The van der Waals surface area contributed by atoms with E-state index in [9.17, 15) is 4.79 Å². The number of ketones is 1. The van der Waals surface area contributed by atoms with E-state index in [4.69, 9.17) is 0 Å². The number of anilines is 1. The quantitative estimate of drug-likeness (QED) is 0.695. The second-order valence-electron chi connectivity index (χ2n) is 7.30. The number of Topliss-reactive ketones (excluding diaryl/α,β-unsaturated/α-hetero) is 1. The van der Waals surface area contributed by atoms with Crippen LogP contribution < -0.4 is 4.90 Å². The van der Waals surface area contributed by atoms with Crippen molar-refractivity contribution in [1.29, 1.82) is 0 Å². The molecule has 108 valence electrons. The lowest BCUT2D eigenvalue weighted by molar-refractivity contribution is 0.0947. The van der Waals surface area contributed by atoms with E-state index in [1.165, 1.54) is 25.7 Å². The molecule has 0 bridgehead atoms. The average molecular weight is 271 g/mol. The highest BCUT2D eigenvalue weighted by atomic mass is 16.1. The molecule has 0 saturated heterocycles. The van der Waals surface area contributed by atoms with E-state index < -0.39 is 0 Å². The van der Waals surface area contributed by atoms with E-state index >= 15 is 0 Å². The van der Waals surface area contributed by atoms with Crippen LogP contribution >= 0.6 is 0 Å². The molecule has 2 atom stereocenters. The molecule has 0 amide bonds. The Morgan fingerprint density at radius 2 is 1.80 bits per heavy atom. The van der Waals surface area contributed by atoms with Gasteiger partial charge >= 0.3 is 0 Å². The third kappa shape index (κ3) is 2.25. The van der Waals surface area contributed by atoms with Crippen LogP contribution in [0.4, 0.5) is 5.69 Å². The molecule has 20 heavy (non-hydrogen) atoms. The second kappa shape index (κ2) is 4.91. The number of carbonyl (C=O) groups is 1. The van der Waals surface area contributed by atoms with Crippen molar-refractivity contribution in [2.45, 2.75) is 64.5 Å². The lowest BCUT2D eigenvalue weighted by Gasteiger charge is -2.47. The molecule has 2 unspecified atom stereocenters. The van der Waals surface area contributed by atoms with Crippen LogP contribution in [-0.2, 0) is 0 Å². The average Bonchev–Trinajstić information content (AvgIpc) is 2.52. The van der Waals surface area contributed by atoms with Crippen LogP contribution in [0.5, 0.6) is 0 Å². The Labute approximate surface area is 122 Å². The zero-order valence-corrected chi connectivity index (χ0v) is 12.9. The maximum Gasteiger partial charge on any atom is 0.165 e. The number of fused-ring (bicyclic) bond motifs is 2. The van der Waals surface area contributed by atoms with Gasteiger partial charge < -0.3 is 4.90 Å². The fourth-order valence-corrected chi connectivity index (χ4v) is 4.07. The second-order valence-corrected chi connectivity index (χ2v) is 7.30. The summed E-state index contributed by atoms with van der Waals surface area (Å²) in [5.41, 5.74) is 2.14. The van der Waals surface area contributed by atoms with Crippen molar-refractivity contribution < 1.29 is 4.79 Å². The molecule has 0 N–H and O–H groups in total. The Bertz CT molecular complexity index is 514. The SMILES string of the molecule is CC(C)(C)N1c2ccccc2C(=O)CC2CCCCC21. The van der Waals surface area contributed by atoms with Crippen LogP contribution in [0.15, 0.2) is 24.3 Å². The van der Waals surface area contributed by atoms with E-state index in [1.54, 1.807) is 0 Å². The van der Waals surface area contributed by atoms with Gasteiger partial charge in [-0.3, -0.25) is 4.79 Å². The van der Waals surface area contributed by atoms with Crippen molar-refractivity contribution in [2.24, 2.45) is 5.92 Å². The van der Waals surface area contributed by atoms with Crippen molar-refractivity contribution >= 4 is 11.5 Å². The summed E-state index contributed by atoms with van der Waals surface area (Å²) in [6, 6.07) is 8.72. The Balaban J connectivity index is 2.14. The summed E-state index contributed by atoms with van der Waals surface area (Å²) in [6.07, 6.45) is 5.74. The van der Waals surface area contributed by atoms with Gasteiger partial charge in [-0.05, 0) is 51.7 Å². The first-order chi connectivity index (χ1) is 9.48. The largest absolute Gasteiger partial charge is 0.363 e. The molecule has 2 nitrogen and oxygen atoms in total. The predicted octanol–water partition coefficient (Wildman–Crippen LogP) is 4.44. The minimum absolute atomic E-state index is 0.0565. The summed E-state index contributed by atoms with van der Waals surface area (Å²) in [5, 5.41) is 0. The molecule has 0 aromatic heterocycles. The van der Waals surface area contributed by atoms with Gasteiger partial charge in [0.25, 0.3) is 0 Å². The van der Waals surface area contributed by atoms with Gasteiger partial charge in [0.05, 0.1) is 0 Å². The predicted molar refractivity (Wildman–Crippen MR) is 83.4 cm³/mol. The molecule has 3 rings (SSSR count). The van der Waals surface area contributed by atoms with E-state index in [-0.39, 0.29) is 5.54 Å². The molecule has 1 aliphatic heterocycles. The number of hydrogen-bond donors (Lipinski definition) is 0. The van der Waals surface area contributed by atoms with Crippen molar-refractivity contribution in [3.05, 3.63) is 29.8 Å². The molecule has 0 radical (unpaired) electrons. The maximum atomic E-state index is 12.6. The van der Waals surface area contributed by atoms with Crippen LogP contribution in [0.2, 0.25) is 0 Å². The highest BCUT2D eigenvalue weighted by Gasteiger charge is 2.40. The molecule has 0 spiro atoms. The molecular formula is C18H25NO. The Hall–Kier alpha value is -1.31. The van der Waals surface area contributed by atoms with Gasteiger partial charge in [0.15, 0.2) is 5.78 Å². The van der Waals surface area contributed by atoms with E-state index in [2.05, 4.69) is 37.8 Å². The van der Waals surface area contributed by atoms with E-state index in [0.29, 0.717) is 17.7 Å². The van der Waals surface area contributed by atoms with Crippen molar-refractivity contribution in [1.82, 2.24) is 0 Å². The Morgan fingerprint density at radius 1 is 1.10 bits per heavy atom. The molecule has 1 aromatic rings. The fraction of sp³-hybridized carbons (Fsp3) is 0.611. The van der Waals surface area contributed by atoms with Gasteiger partial charge in [-0.25, -0.2) is 0 Å². The Morgan fingerprint density at radius 3 is 2.55 bits per heavy atom. The minimum atomic E-state index is 0.0565. The minimum Gasteiger partial charge on any atom is -0.363 e. The van der Waals surface area contributed by atoms with Crippen LogP contribution in [-0.4, -0.2) is 17.4 Å². The zero-order chi connectivity index (χ0) is 14.3. The number of carbonyl (C=O) groups excluding carboxylic acids is 1. The highest BCUT2D eigenvalue weighted by Crippen LogP contribution is 2.42.